The fourth-order valence-electron chi connectivity index (χ4n) is 1.32. The molecule has 0 atom stereocenters. The van der Waals surface area contributed by atoms with E-state index in [9.17, 15) is 12.8 Å². The van der Waals surface area contributed by atoms with E-state index in [4.69, 9.17) is 0 Å². The van der Waals surface area contributed by atoms with Crippen LogP contribution in [0.15, 0.2) is 24.3 Å². The Morgan fingerprint density at radius 3 is 2.60 bits per heavy atom. The molecular formula is C10H12FNO2S. The lowest BCUT2D eigenvalue weighted by Gasteiger charge is -2.05. The maximum Gasteiger partial charge on any atom is 0.214 e. The summed E-state index contributed by atoms with van der Waals surface area (Å²) in [6.07, 6.45) is 1.43. The molecule has 15 heavy (non-hydrogen) atoms. The van der Waals surface area contributed by atoms with E-state index in [1.165, 1.54) is 6.07 Å². The molecule has 0 spiro atoms. The van der Waals surface area contributed by atoms with Crippen LogP contribution in [0, 0.1) is 5.82 Å². The van der Waals surface area contributed by atoms with Gasteiger partial charge in [-0.05, 0) is 18.9 Å². The monoisotopic (exact) mass is 229 g/mol. The highest BCUT2D eigenvalue weighted by molar-refractivity contribution is 7.90. The highest BCUT2D eigenvalue weighted by atomic mass is 32.2. The zero-order valence-corrected chi connectivity index (χ0v) is 8.93. The van der Waals surface area contributed by atoms with Gasteiger partial charge in [-0.15, -0.1) is 0 Å². The van der Waals surface area contributed by atoms with Gasteiger partial charge in [0.05, 0.1) is 5.25 Å². The summed E-state index contributed by atoms with van der Waals surface area (Å²) in [6, 6.07) is 6.16. The molecule has 0 aromatic heterocycles. The van der Waals surface area contributed by atoms with Gasteiger partial charge < -0.3 is 0 Å². The summed E-state index contributed by atoms with van der Waals surface area (Å²) in [5.41, 5.74) is 0.377. The van der Waals surface area contributed by atoms with Crippen LogP contribution in [0.5, 0.6) is 0 Å². The molecule has 1 aromatic rings. The molecule has 1 aromatic carbocycles. The van der Waals surface area contributed by atoms with Crippen LogP contribution in [0.25, 0.3) is 0 Å². The first kappa shape index (κ1) is 10.6. The van der Waals surface area contributed by atoms with Crippen LogP contribution < -0.4 is 4.72 Å². The lowest BCUT2D eigenvalue weighted by atomic mass is 10.2. The number of benzene rings is 1. The van der Waals surface area contributed by atoms with Crippen molar-refractivity contribution in [2.45, 2.75) is 24.6 Å². The third-order valence-electron chi connectivity index (χ3n) is 2.38. The van der Waals surface area contributed by atoms with E-state index in [0.717, 1.165) is 0 Å². The molecule has 82 valence electrons. The molecule has 0 unspecified atom stereocenters. The highest BCUT2D eigenvalue weighted by Gasteiger charge is 2.35. The van der Waals surface area contributed by atoms with Gasteiger partial charge in [0, 0.05) is 12.1 Å². The number of rotatable bonds is 4. The maximum atomic E-state index is 13.1. The van der Waals surface area contributed by atoms with Crippen LogP contribution >= 0.6 is 0 Å². The van der Waals surface area contributed by atoms with Crippen LogP contribution in [0.4, 0.5) is 4.39 Å². The van der Waals surface area contributed by atoms with Gasteiger partial charge in [0.2, 0.25) is 10.0 Å². The molecule has 2 rings (SSSR count). The van der Waals surface area contributed by atoms with Crippen molar-refractivity contribution >= 4 is 10.0 Å². The Morgan fingerprint density at radius 2 is 2.00 bits per heavy atom. The van der Waals surface area contributed by atoms with Gasteiger partial charge in [-0.3, -0.25) is 0 Å². The number of hydrogen-bond donors (Lipinski definition) is 1. The third-order valence-corrected chi connectivity index (χ3v) is 4.28. The van der Waals surface area contributed by atoms with E-state index in [-0.39, 0.29) is 17.6 Å². The van der Waals surface area contributed by atoms with Crippen molar-refractivity contribution in [3.05, 3.63) is 35.6 Å². The van der Waals surface area contributed by atoms with E-state index in [2.05, 4.69) is 4.72 Å². The van der Waals surface area contributed by atoms with Gasteiger partial charge in [-0.25, -0.2) is 17.5 Å². The number of hydrogen-bond acceptors (Lipinski definition) is 2. The smallest absolute Gasteiger partial charge is 0.212 e. The normalized spacial score (nSPS) is 16.6. The maximum absolute atomic E-state index is 13.1. The first-order chi connectivity index (χ1) is 7.09. The lowest BCUT2D eigenvalue weighted by molar-refractivity contribution is 0.573. The van der Waals surface area contributed by atoms with Gasteiger partial charge in [-0.1, -0.05) is 18.2 Å². The van der Waals surface area contributed by atoms with E-state index >= 15 is 0 Å². The van der Waals surface area contributed by atoms with Crippen molar-refractivity contribution in [2.75, 3.05) is 0 Å². The summed E-state index contributed by atoms with van der Waals surface area (Å²) in [5.74, 6) is -0.379. The standard InChI is InChI=1S/C10H12FNO2S/c11-10-4-2-1-3-8(10)7-12-15(13,14)9-5-6-9/h1-4,9,12H,5-7H2. The molecule has 0 saturated heterocycles. The molecule has 0 amide bonds. The first-order valence-corrected chi connectivity index (χ1v) is 6.36. The van der Waals surface area contributed by atoms with Gasteiger partial charge in [0.25, 0.3) is 0 Å². The Hall–Kier alpha value is -0.940. The van der Waals surface area contributed by atoms with Crippen molar-refractivity contribution in [3.63, 3.8) is 0 Å². The number of sulfonamides is 1. The largest absolute Gasteiger partial charge is 0.214 e. The summed E-state index contributed by atoms with van der Waals surface area (Å²) < 4.78 is 38.4. The first-order valence-electron chi connectivity index (χ1n) is 4.81. The van der Waals surface area contributed by atoms with Crippen molar-refractivity contribution in [1.82, 2.24) is 4.72 Å². The minimum absolute atomic E-state index is 0.0332. The van der Waals surface area contributed by atoms with E-state index in [0.29, 0.717) is 18.4 Å². The summed E-state index contributed by atoms with van der Waals surface area (Å²) in [4.78, 5) is 0. The van der Waals surface area contributed by atoms with Crippen LogP contribution in [0.1, 0.15) is 18.4 Å². The highest BCUT2D eigenvalue weighted by Crippen LogP contribution is 2.27. The second-order valence-corrected chi connectivity index (χ2v) is 5.70. The second kappa shape index (κ2) is 3.90. The fraction of sp³-hybridized carbons (Fsp3) is 0.400. The van der Waals surface area contributed by atoms with Crippen molar-refractivity contribution in [2.24, 2.45) is 0 Å². The average molecular weight is 229 g/mol. The van der Waals surface area contributed by atoms with Crippen LogP contribution in [-0.4, -0.2) is 13.7 Å². The lowest BCUT2D eigenvalue weighted by Crippen LogP contribution is -2.27. The van der Waals surface area contributed by atoms with E-state index in [1.54, 1.807) is 18.2 Å². The predicted octanol–water partition coefficient (Wildman–Crippen LogP) is 1.41. The second-order valence-electron chi connectivity index (χ2n) is 3.66. The molecule has 1 fully saturated rings. The van der Waals surface area contributed by atoms with Crippen molar-refractivity contribution in [1.29, 1.82) is 0 Å². The molecule has 5 heteroatoms. The minimum atomic E-state index is -3.22. The third kappa shape index (κ3) is 2.54. The molecule has 1 aliphatic carbocycles. The Labute approximate surface area is 88.4 Å². The number of halogens is 1. The predicted molar refractivity (Wildman–Crippen MR) is 55.2 cm³/mol. The van der Waals surface area contributed by atoms with Crippen LogP contribution in [-0.2, 0) is 16.6 Å². The van der Waals surface area contributed by atoms with Gasteiger partial charge in [-0.2, -0.15) is 0 Å². The summed E-state index contributed by atoms with van der Waals surface area (Å²) in [6.45, 7) is 0.0332. The average Bonchev–Trinajstić information content (AvgIpc) is 3.00. The van der Waals surface area contributed by atoms with Crippen LogP contribution in [0.3, 0.4) is 0 Å². The Morgan fingerprint density at radius 1 is 1.33 bits per heavy atom. The molecule has 1 saturated carbocycles. The molecule has 0 radical (unpaired) electrons. The van der Waals surface area contributed by atoms with Crippen LogP contribution in [0.2, 0.25) is 0 Å². The minimum Gasteiger partial charge on any atom is -0.212 e. The van der Waals surface area contributed by atoms with E-state index < -0.39 is 10.0 Å². The fourth-order valence-corrected chi connectivity index (χ4v) is 2.67. The quantitative estimate of drug-likeness (QED) is 0.848. The van der Waals surface area contributed by atoms with Gasteiger partial charge in [0.15, 0.2) is 0 Å². The molecule has 1 aliphatic rings. The topological polar surface area (TPSA) is 46.2 Å². The molecule has 0 heterocycles. The van der Waals surface area contributed by atoms with Gasteiger partial charge in [0.1, 0.15) is 5.82 Å². The summed E-state index contributed by atoms with van der Waals surface area (Å²) in [7, 11) is -3.22. The molecular weight excluding hydrogens is 217 g/mol. The van der Waals surface area contributed by atoms with Crippen molar-refractivity contribution in [3.8, 4) is 0 Å². The Kier molecular flexibility index (Phi) is 2.75. The van der Waals surface area contributed by atoms with E-state index in [1.807, 2.05) is 0 Å². The Balaban J connectivity index is 2.02. The Bertz CT molecular complexity index is 454. The zero-order chi connectivity index (χ0) is 10.9. The molecule has 0 bridgehead atoms. The molecule has 3 nitrogen and oxygen atoms in total. The SMILES string of the molecule is O=S(=O)(NCc1ccccc1F)C1CC1. The molecule has 0 aliphatic heterocycles. The summed E-state index contributed by atoms with van der Waals surface area (Å²) >= 11 is 0. The summed E-state index contributed by atoms with van der Waals surface area (Å²) in [5, 5.41) is -0.260. The molecule has 1 N–H and O–H groups in total. The zero-order valence-electron chi connectivity index (χ0n) is 8.11. The van der Waals surface area contributed by atoms with Crippen molar-refractivity contribution < 1.29 is 12.8 Å². The van der Waals surface area contributed by atoms with Gasteiger partial charge >= 0.3 is 0 Å². The number of nitrogens with one attached hydrogen (secondary N) is 1.